The van der Waals surface area contributed by atoms with E-state index < -0.39 is 53.7 Å². The van der Waals surface area contributed by atoms with Gasteiger partial charge in [0.05, 0.1) is 31.5 Å². The number of ether oxygens (including phenoxy) is 7. The van der Waals surface area contributed by atoms with Crippen LogP contribution in [0.25, 0.3) is 0 Å². The third-order valence-corrected chi connectivity index (χ3v) is 5.65. The molecule has 1 atom stereocenters. The summed E-state index contributed by atoms with van der Waals surface area (Å²) in [5.74, 6) is -1.91. The smallest absolute Gasteiger partial charge is 0.467 e. The van der Waals surface area contributed by atoms with Crippen molar-refractivity contribution < 1.29 is 57.1 Å². The van der Waals surface area contributed by atoms with Crippen LogP contribution in [-0.4, -0.2) is 67.4 Å². The van der Waals surface area contributed by atoms with Gasteiger partial charge in [-0.3, -0.25) is 0 Å². The normalized spacial score (nSPS) is 12.4. The average molecular weight is 632 g/mol. The van der Waals surface area contributed by atoms with Gasteiger partial charge in [0, 0.05) is 12.8 Å². The predicted octanol–water partition coefficient (Wildman–Crippen LogP) is 5.76. The van der Waals surface area contributed by atoms with E-state index in [2.05, 4.69) is 5.32 Å². The summed E-state index contributed by atoms with van der Waals surface area (Å²) in [6, 6.07) is 12.3. The van der Waals surface area contributed by atoms with Gasteiger partial charge in [-0.15, -0.1) is 0 Å². The quantitative estimate of drug-likeness (QED) is 0.171. The molecule has 0 saturated carbocycles. The number of esters is 2. The number of carbonyl (C=O) groups is 5. The van der Waals surface area contributed by atoms with Crippen LogP contribution in [0, 0.1) is 0 Å². The zero-order valence-corrected chi connectivity index (χ0v) is 26.8. The molecule has 0 radical (unpaired) electrons. The van der Waals surface area contributed by atoms with Crippen LogP contribution >= 0.6 is 0 Å². The molecule has 0 fully saturated rings. The first-order valence-electron chi connectivity index (χ1n) is 14.2. The third kappa shape index (κ3) is 12.4. The summed E-state index contributed by atoms with van der Waals surface area (Å²) < 4.78 is 36.5. The molecular formula is C32H41NO12. The van der Waals surface area contributed by atoms with Crippen molar-refractivity contribution >= 4 is 30.3 Å². The Kier molecular flexibility index (Phi) is 13.2. The van der Waals surface area contributed by atoms with Crippen LogP contribution in [0.5, 0.6) is 11.5 Å². The Morgan fingerprint density at radius 1 is 0.800 bits per heavy atom. The van der Waals surface area contributed by atoms with Crippen LogP contribution < -0.4 is 14.8 Å². The van der Waals surface area contributed by atoms with Gasteiger partial charge < -0.3 is 38.5 Å². The molecule has 1 amide bonds. The monoisotopic (exact) mass is 631 g/mol. The summed E-state index contributed by atoms with van der Waals surface area (Å²) in [6.07, 6.45) is -4.55. The minimum atomic E-state index is -1.83. The largest absolute Gasteiger partial charge is 0.514 e. The first kappa shape index (κ1) is 36.4. The first-order chi connectivity index (χ1) is 21.0. The molecule has 0 aliphatic carbocycles. The molecule has 2 aromatic rings. The van der Waals surface area contributed by atoms with E-state index in [0.717, 1.165) is 7.11 Å². The second-order valence-electron chi connectivity index (χ2n) is 11.4. The topological polar surface area (TPSA) is 162 Å². The Morgan fingerprint density at radius 3 is 1.91 bits per heavy atom. The first-order valence-corrected chi connectivity index (χ1v) is 14.2. The lowest BCUT2D eigenvalue weighted by Gasteiger charge is -2.33. The standard InChI is InChI=1S/C32H41NO12/c1-20(2)41-29(37)43-24-15-14-22(18-25(24)44-30(38)42-21(3)4)19-32(27(35)39-8,33-28(36)45-31(5,6)7)16-17-40-26(34)23-12-10-9-11-13-23/h9-15,18,20-21H,16-17,19H2,1-8H3,(H,33,36)/t32-/m1/s1. The van der Waals surface area contributed by atoms with Gasteiger partial charge in [0.1, 0.15) is 11.1 Å². The van der Waals surface area contributed by atoms with Crippen molar-refractivity contribution in [2.45, 2.75) is 84.7 Å². The van der Waals surface area contributed by atoms with Gasteiger partial charge in [-0.05, 0) is 78.3 Å². The van der Waals surface area contributed by atoms with E-state index in [1.165, 1.54) is 18.2 Å². The summed E-state index contributed by atoms with van der Waals surface area (Å²) in [6.45, 7) is 11.1. The summed E-state index contributed by atoms with van der Waals surface area (Å²) in [4.78, 5) is 63.5. The van der Waals surface area contributed by atoms with Crippen molar-refractivity contribution in [1.29, 1.82) is 0 Å². The molecule has 13 heteroatoms. The highest BCUT2D eigenvalue weighted by molar-refractivity contribution is 5.89. The Hall–Kier alpha value is -4.81. The van der Waals surface area contributed by atoms with Gasteiger partial charge in [-0.2, -0.15) is 0 Å². The number of nitrogens with one attached hydrogen (secondary N) is 1. The number of hydrogen-bond acceptors (Lipinski definition) is 12. The summed E-state index contributed by atoms with van der Waals surface area (Å²) in [7, 11) is 1.14. The highest BCUT2D eigenvalue weighted by Crippen LogP contribution is 2.32. The lowest BCUT2D eigenvalue weighted by atomic mass is 9.87. The van der Waals surface area contributed by atoms with E-state index in [9.17, 15) is 24.0 Å². The molecule has 0 aliphatic heterocycles. The number of hydrogen-bond donors (Lipinski definition) is 1. The van der Waals surface area contributed by atoms with Crippen LogP contribution in [0.4, 0.5) is 14.4 Å². The number of alkyl carbamates (subject to hydrolysis) is 1. The minimum Gasteiger partial charge on any atom is -0.467 e. The van der Waals surface area contributed by atoms with Gasteiger partial charge in [0.25, 0.3) is 0 Å². The molecule has 0 aromatic heterocycles. The van der Waals surface area contributed by atoms with Gasteiger partial charge >= 0.3 is 30.3 Å². The van der Waals surface area contributed by atoms with E-state index in [0.29, 0.717) is 11.1 Å². The number of benzene rings is 2. The van der Waals surface area contributed by atoms with Crippen molar-refractivity contribution in [3.8, 4) is 11.5 Å². The second kappa shape index (κ2) is 16.3. The van der Waals surface area contributed by atoms with E-state index in [-0.39, 0.29) is 30.9 Å². The van der Waals surface area contributed by atoms with Crippen molar-refractivity contribution in [2.24, 2.45) is 0 Å². The Labute approximate surface area is 262 Å². The number of amides is 1. The number of methoxy groups -OCH3 is 1. The molecular weight excluding hydrogens is 590 g/mol. The lowest BCUT2D eigenvalue weighted by Crippen LogP contribution is -2.58. The maximum Gasteiger partial charge on any atom is 0.514 e. The molecule has 0 heterocycles. The molecule has 0 spiro atoms. The number of rotatable bonds is 12. The van der Waals surface area contributed by atoms with Crippen LogP contribution in [0.2, 0.25) is 0 Å². The van der Waals surface area contributed by atoms with E-state index in [1.807, 2.05) is 0 Å². The molecule has 45 heavy (non-hydrogen) atoms. The van der Waals surface area contributed by atoms with Crippen molar-refractivity contribution in [1.82, 2.24) is 5.32 Å². The van der Waals surface area contributed by atoms with Gasteiger partial charge in [0.15, 0.2) is 11.5 Å². The zero-order valence-electron chi connectivity index (χ0n) is 26.8. The molecule has 0 unspecified atom stereocenters. The fourth-order valence-electron chi connectivity index (χ4n) is 3.88. The fourth-order valence-corrected chi connectivity index (χ4v) is 3.88. The summed E-state index contributed by atoms with van der Waals surface area (Å²) >= 11 is 0. The van der Waals surface area contributed by atoms with E-state index in [4.69, 9.17) is 33.2 Å². The van der Waals surface area contributed by atoms with E-state index in [1.54, 1.807) is 78.8 Å². The molecule has 13 nitrogen and oxygen atoms in total. The predicted molar refractivity (Wildman–Crippen MR) is 160 cm³/mol. The maximum absolute atomic E-state index is 13.4. The van der Waals surface area contributed by atoms with Gasteiger partial charge in [0.2, 0.25) is 0 Å². The van der Waals surface area contributed by atoms with Gasteiger partial charge in [-0.1, -0.05) is 24.3 Å². The summed E-state index contributed by atoms with van der Waals surface area (Å²) in [5.41, 5.74) is -2.12. The highest BCUT2D eigenvalue weighted by Gasteiger charge is 2.43. The summed E-state index contributed by atoms with van der Waals surface area (Å²) in [5, 5.41) is 2.59. The van der Waals surface area contributed by atoms with Crippen LogP contribution in [0.15, 0.2) is 48.5 Å². The Morgan fingerprint density at radius 2 is 1.38 bits per heavy atom. The Bertz CT molecular complexity index is 1330. The van der Waals surface area contributed by atoms with Crippen LogP contribution in [0.1, 0.15) is 70.8 Å². The fraction of sp³-hybridized carbons (Fsp3) is 0.469. The average Bonchev–Trinajstić information content (AvgIpc) is 2.92. The van der Waals surface area contributed by atoms with Crippen molar-refractivity contribution in [2.75, 3.05) is 13.7 Å². The molecule has 0 saturated heterocycles. The van der Waals surface area contributed by atoms with Crippen molar-refractivity contribution in [3.63, 3.8) is 0 Å². The minimum absolute atomic E-state index is 0.175. The van der Waals surface area contributed by atoms with Crippen LogP contribution in [-0.2, 0) is 34.9 Å². The SMILES string of the molecule is COC(=O)[C@@](CCOC(=O)c1ccccc1)(Cc1ccc(OC(=O)OC(C)C)c(OC(=O)OC(C)C)c1)NC(=O)OC(C)(C)C. The maximum atomic E-state index is 13.4. The van der Waals surface area contributed by atoms with E-state index >= 15 is 0 Å². The zero-order chi connectivity index (χ0) is 33.8. The van der Waals surface area contributed by atoms with Crippen molar-refractivity contribution in [3.05, 3.63) is 59.7 Å². The molecule has 0 aliphatic rings. The Balaban J connectivity index is 2.49. The molecule has 1 N–H and O–H groups in total. The highest BCUT2D eigenvalue weighted by atomic mass is 16.7. The van der Waals surface area contributed by atoms with Crippen LogP contribution in [0.3, 0.4) is 0 Å². The number of carbonyl (C=O) groups excluding carboxylic acids is 5. The molecule has 2 aromatic carbocycles. The third-order valence-electron chi connectivity index (χ3n) is 5.65. The van der Waals surface area contributed by atoms with Gasteiger partial charge in [-0.25, -0.2) is 24.0 Å². The molecule has 0 bridgehead atoms. The second-order valence-corrected chi connectivity index (χ2v) is 11.4. The molecule has 246 valence electrons. The molecule has 2 rings (SSSR count). The lowest BCUT2D eigenvalue weighted by molar-refractivity contribution is -0.149.